The molecule has 3 rings (SSSR count). The van der Waals surface area contributed by atoms with Crippen LogP contribution in [0.4, 0.5) is 0 Å². The summed E-state index contributed by atoms with van der Waals surface area (Å²) in [7, 11) is -1.19. The maximum Gasteiger partial charge on any atom is 0.307 e. The van der Waals surface area contributed by atoms with Crippen molar-refractivity contribution in [1.29, 1.82) is 0 Å². The summed E-state index contributed by atoms with van der Waals surface area (Å²) in [5.41, 5.74) is -0.279. The second kappa shape index (κ2) is 15.8. The van der Waals surface area contributed by atoms with Crippen LogP contribution in [0.25, 0.3) is 0 Å². The minimum Gasteiger partial charge on any atom is -0.460 e. The Hall–Kier alpha value is -2.88. The number of nitrogens with zero attached hydrogens (tertiary/aromatic N) is 1. The maximum absolute atomic E-state index is 13.2. The van der Waals surface area contributed by atoms with E-state index in [9.17, 15) is 4.79 Å². The highest BCUT2D eigenvalue weighted by atomic mass is 28.4. The van der Waals surface area contributed by atoms with Crippen molar-refractivity contribution in [3.8, 4) is 11.8 Å². The molecule has 1 unspecified atom stereocenters. The zero-order chi connectivity index (χ0) is 34.2. The Morgan fingerprint density at radius 2 is 1.46 bits per heavy atom. The molecule has 1 aliphatic rings. The Labute approximate surface area is 281 Å². The summed E-state index contributed by atoms with van der Waals surface area (Å²) in [5, 5.41) is 6.77. The number of carbonyl (C=O) groups excluding carboxylic acids is 1. The number of oxime groups is 1. The average molecular weight is 646 g/mol. The summed E-state index contributed by atoms with van der Waals surface area (Å²) < 4.78 is 13.1. The summed E-state index contributed by atoms with van der Waals surface area (Å²) in [6.45, 7) is 22.1. The number of carbonyl (C=O) groups is 1. The van der Waals surface area contributed by atoms with Crippen LogP contribution >= 0.6 is 0 Å². The highest BCUT2D eigenvalue weighted by molar-refractivity contribution is 6.99. The molecule has 0 aliphatic heterocycles. The quantitative estimate of drug-likeness (QED) is 0.0722. The number of rotatable bonds is 13. The minimum atomic E-state index is -2.74. The van der Waals surface area contributed by atoms with Crippen molar-refractivity contribution in [2.24, 2.45) is 34.2 Å². The van der Waals surface area contributed by atoms with Gasteiger partial charge < -0.3 is 14.0 Å². The van der Waals surface area contributed by atoms with E-state index in [1.807, 2.05) is 20.8 Å². The normalized spacial score (nSPS) is 18.3. The van der Waals surface area contributed by atoms with Gasteiger partial charge in [0.1, 0.15) is 18.4 Å². The fourth-order valence-electron chi connectivity index (χ4n) is 6.83. The zero-order valence-corrected chi connectivity index (χ0v) is 31.4. The zero-order valence-electron chi connectivity index (χ0n) is 30.4. The van der Waals surface area contributed by atoms with E-state index in [1.165, 1.54) is 16.8 Å². The van der Waals surface area contributed by atoms with Crippen LogP contribution in [-0.4, -0.2) is 39.3 Å². The van der Waals surface area contributed by atoms with E-state index in [4.69, 9.17) is 14.0 Å². The lowest BCUT2D eigenvalue weighted by Crippen LogP contribution is -2.67. The van der Waals surface area contributed by atoms with Crippen LogP contribution in [-0.2, 0) is 18.8 Å². The fraction of sp³-hybridized carbons (Fsp3) is 0.600. The predicted octanol–water partition coefficient (Wildman–Crippen LogP) is 8.41. The smallest absolute Gasteiger partial charge is 0.307 e. The summed E-state index contributed by atoms with van der Waals surface area (Å²) in [6, 6.07) is 21.4. The minimum absolute atomic E-state index is 0.133. The van der Waals surface area contributed by atoms with Gasteiger partial charge in [0, 0.05) is 18.4 Å². The Bertz CT molecular complexity index is 1300. The lowest BCUT2D eigenvalue weighted by molar-refractivity contribution is -0.155. The molecule has 2 aromatic carbocycles. The van der Waals surface area contributed by atoms with Crippen molar-refractivity contribution in [3.05, 3.63) is 60.7 Å². The highest BCUT2D eigenvalue weighted by Gasteiger charge is 2.51. The van der Waals surface area contributed by atoms with E-state index in [0.717, 1.165) is 18.8 Å². The third kappa shape index (κ3) is 10.6. The van der Waals surface area contributed by atoms with Gasteiger partial charge in [-0.2, -0.15) is 0 Å². The number of esters is 1. The molecule has 2 aromatic rings. The first-order valence-corrected chi connectivity index (χ1v) is 19.0. The van der Waals surface area contributed by atoms with Crippen molar-refractivity contribution >= 4 is 30.4 Å². The van der Waals surface area contributed by atoms with Crippen molar-refractivity contribution in [1.82, 2.24) is 0 Å². The molecule has 0 N–H and O–H groups in total. The van der Waals surface area contributed by atoms with Crippen molar-refractivity contribution in [3.63, 3.8) is 0 Å². The van der Waals surface area contributed by atoms with Crippen LogP contribution in [0.3, 0.4) is 0 Å². The van der Waals surface area contributed by atoms with E-state index in [-0.39, 0.29) is 28.8 Å². The highest BCUT2D eigenvalue weighted by Crippen LogP contribution is 2.40. The first-order chi connectivity index (χ1) is 21.5. The summed E-state index contributed by atoms with van der Waals surface area (Å²) >= 11 is 0. The number of hydrogen-bond acceptors (Lipinski definition) is 5. The first kappa shape index (κ1) is 37.6. The molecule has 0 heterocycles. The van der Waals surface area contributed by atoms with Crippen LogP contribution in [0.5, 0.6) is 0 Å². The Morgan fingerprint density at radius 3 is 1.91 bits per heavy atom. The molecule has 6 heteroatoms. The average Bonchev–Trinajstić information content (AvgIpc) is 2.92. The molecule has 1 fully saturated rings. The van der Waals surface area contributed by atoms with Gasteiger partial charge in [0.25, 0.3) is 8.32 Å². The van der Waals surface area contributed by atoms with E-state index in [2.05, 4.69) is 126 Å². The van der Waals surface area contributed by atoms with Gasteiger partial charge in [0.15, 0.2) is 0 Å². The Morgan fingerprint density at radius 1 is 0.913 bits per heavy atom. The fourth-order valence-corrected chi connectivity index (χ4v) is 11.6. The molecule has 1 aliphatic carbocycles. The van der Waals surface area contributed by atoms with Gasteiger partial charge in [0.2, 0.25) is 0 Å². The van der Waals surface area contributed by atoms with Gasteiger partial charge in [-0.25, -0.2) is 0 Å². The van der Waals surface area contributed by atoms with Crippen LogP contribution < -0.4 is 10.4 Å². The Kier molecular flexibility index (Phi) is 12.9. The Balaban J connectivity index is 1.93. The van der Waals surface area contributed by atoms with Gasteiger partial charge in [-0.3, -0.25) is 4.79 Å². The second-order valence-electron chi connectivity index (χ2n) is 16.4. The first-order valence-electron chi connectivity index (χ1n) is 17.0. The van der Waals surface area contributed by atoms with E-state index in [1.54, 1.807) is 7.11 Å². The molecule has 252 valence electrons. The number of ether oxygens (including phenoxy) is 1. The standard InChI is InChI=1S/C40H59NO4Si/c1-30(2)24-32-25-31(26-32)22-23-36(41-43-11)33(27-37(42)45-38(3,4)5)28-40(9,10)29-44-46(39(6,7)8,34-18-14-12-15-19-34)35-20-16-13-17-21-35/h12-21,30-33H,24-29H2,1-11H3/b41-36+. The van der Waals surface area contributed by atoms with Crippen molar-refractivity contribution in [2.75, 3.05) is 13.7 Å². The second-order valence-corrected chi connectivity index (χ2v) is 20.7. The van der Waals surface area contributed by atoms with Crippen LogP contribution in [0.2, 0.25) is 5.04 Å². The van der Waals surface area contributed by atoms with Crippen molar-refractivity contribution in [2.45, 2.75) is 112 Å². The van der Waals surface area contributed by atoms with Crippen LogP contribution in [0.1, 0.15) is 101 Å². The topological polar surface area (TPSA) is 57.1 Å². The van der Waals surface area contributed by atoms with Gasteiger partial charge in [0.05, 0.1) is 6.42 Å². The van der Waals surface area contributed by atoms with Crippen molar-refractivity contribution < 1.29 is 18.8 Å². The lowest BCUT2D eigenvalue weighted by atomic mass is 9.71. The number of benzene rings is 2. The molecule has 0 bridgehead atoms. The maximum atomic E-state index is 13.2. The molecule has 0 radical (unpaired) electrons. The van der Waals surface area contributed by atoms with Gasteiger partial charge in [-0.05, 0) is 85.0 Å². The molecular formula is C40H59NO4Si. The molecule has 0 amide bonds. The predicted molar refractivity (Wildman–Crippen MR) is 194 cm³/mol. The summed E-state index contributed by atoms with van der Waals surface area (Å²) in [5.74, 6) is 8.13. The monoisotopic (exact) mass is 645 g/mol. The van der Waals surface area contributed by atoms with Crippen LogP contribution in [0, 0.1) is 40.9 Å². The van der Waals surface area contributed by atoms with Gasteiger partial charge >= 0.3 is 5.97 Å². The molecule has 0 spiro atoms. The lowest BCUT2D eigenvalue weighted by Gasteiger charge is -2.45. The van der Waals surface area contributed by atoms with Crippen LogP contribution in [0.15, 0.2) is 65.8 Å². The molecule has 1 atom stereocenters. The number of hydrogen-bond donors (Lipinski definition) is 0. The third-order valence-corrected chi connectivity index (χ3v) is 13.7. The van der Waals surface area contributed by atoms with E-state index in [0.29, 0.717) is 30.6 Å². The largest absolute Gasteiger partial charge is 0.460 e. The molecule has 1 saturated carbocycles. The molecule has 46 heavy (non-hydrogen) atoms. The van der Waals surface area contributed by atoms with Gasteiger partial charge in [-0.15, -0.1) is 0 Å². The molecular weight excluding hydrogens is 587 g/mol. The molecule has 0 aromatic heterocycles. The molecule has 5 nitrogen and oxygen atoms in total. The summed E-state index contributed by atoms with van der Waals surface area (Å²) in [4.78, 5) is 18.6. The SMILES string of the molecule is CO/N=C(\C#CC1CC(CC(C)C)C1)C(CC(=O)OC(C)(C)C)CC(C)(C)CO[Si](c1ccccc1)(c1ccccc1)C(C)(C)C. The van der Waals surface area contributed by atoms with Gasteiger partial charge in [-0.1, -0.05) is 120 Å². The molecule has 0 saturated heterocycles. The summed E-state index contributed by atoms with van der Waals surface area (Å²) in [6.07, 6.45) is 4.32. The third-order valence-electron chi connectivity index (χ3n) is 8.75. The van der Waals surface area contributed by atoms with E-state index < -0.39 is 13.9 Å². The van der Waals surface area contributed by atoms with E-state index >= 15 is 0 Å².